The van der Waals surface area contributed by atoms with Crippen LogP contribution in [0, 0.1) is 11.8 Å². The average molecular weight is 353 g/mol. The van der Waals surface area contributed by atoms with Gasteiger partial charge in [0.15, 0.2) is 0 Å². The predicted molar refractivity (Wildman–Crippen MR) is 95.8 cm³/mol. The summed E-state index contributed by atoms with van der Waals surface area (Å²) in [7, 11) is 0. The minimum Gasteiger partial charge on any atom is -0.394 e. The van der Waals surface area contributed by atoms with Crippen LogP contribution in [0.15, 0.2) is 17.5 Å². The molecule has 0 saturated heterocycles. The van der Waals surface area contributed by atoms with Crippen molar-refractivity contribution in [2.45, 2.75) is 58.0 Å². The quantitative estimate of drug-likeness (QED) is 0.703. The minimum atomic E-state index is -0.180. The van der Waals surface area contributed by atoms with Crippen molar-refractivity contribution in [1.29, 1.82) is 0 Å². The number of thiophene rings is 1. The van der Waals surface area contributed by atoms with E-state index in [1.54, 1.807) is 11.3 Å². The monoisotopic (exact) mass is 352 g/mol. The summed E-state index contributed by atoms with van der Waals surface area (Å²) in [5, 5.41) is 17.3. The van der Waals surface area contributed by atoms with E-state index in [0.717, 1.165) is 30.6 Å². The summed E-state index contributed by atoms with van der Waals surface area (Å²) >= 11 is 1.59. The van der Waals surface area contributed by atoms with E-state index < -0.39 is 0 Å². The van der Waals surface area contributed by atoms with Crippen LogP contribution >= 0.6 is 11.3 Å². The maximum atomic E-state index is 12.3. The lowest BCUT2D eigenvalue weighted by Gasteiger charge is -2.30. The fourth-order valence-corrected chi connectivity index (χ4v) is 3.78. The zero-order valence-electron chi connectivity index (χ0n) is 14.5. The molecule has 1 atom stereocenters. The number of hydrogen-bond donors (Lipinski definition) is 3. The summed E-state index contributed by atoms with van der Waals surface area (Å²) in [4.78, 5) is 25.4. The van der Waals surface area contributed by atoms with Crippen molar-refractivity contribution in [2.75, 3.05) is 6.61 Å². The second kappa shape index (κ2) is 9.18. The molecule has 1 aliphatic rings. The van der Waals surface area contributed by atoms with Crippen LogP contribution in [-0.4, -0.2) is 35.6 Å². The molecule has 134 valence electrons. The summed E-state index contributed by atoms with van der Waals surface area (Å²) in [6.07, 6.45) is 3.67. The Labute approximate surface area is 147 Å². The Kier molecular flexibility index (Phi) is 7.24. The number of aliphatic hydroxyl groups excluding tert-OH is 1. The highest BCUT2D eigenvalue weighted by atomic mass is 32.1. The smallest absolute Gasteiger partial charge is 0.225 e. The van der Waals surface area contributed by atoms with Crippen LogP contribution in [0.4, 0.5) is 0 Å². The summed E-state index contributed by atoms with van der Waals surface area (Å²) in [5.74, 6) is 0.298. The lowest BCUT2D eigenvalue weighted by Crippen LogP contribution is -2.46. The van der Waals surface area contributed by atoms with E-state index in [1.807, 2.05) is 31.4 Å². The van der Waals surface area contributed by atoms with E-state index in [2.05, 4.69) is 10.6 Å². The van der Waals surface area contributed by atoms with Gasteiger partial charge in [-0.3, -0.25) is 9.59 Å². The van der Waals surface area contributed by atoms with Crippen molar-refractivity contribution in [3.8, 4) is 0 Å². The molecule has 1 aromatic rings. The van der Waals surface area contributed by atoms with E-state index in [4.69, 9.17) is 0 Å². The van der Waals surface area contributed by atoms with Gasteiger partial charge in [-0.25, -0.2) is 0 Å². The molecule has 2 rings (SSSR count). The topological polar surface area (TPSA) is 78.4 Å². The number of amides is 2. The fourth-order valence-electron chi connectivity index (χ4n) is 3.07. The first kappa shape index (κ1) is 18.9. The number of carbonyl (C=O) groups is 2. The van der Waals surface area contributed by atoms with E-state index >= 15 is 0 Å². The number of rotatable bonds is 7. The van der Waals surface area contributed by atoms with Gasteiger partial charge in [-0.1, -0.05) is 19.9 Å². The van der Waals surface area contributed by atoms with Crippen molar-refractivity contribution in [3.63, 3.8) is 0 Å². The third-order valence-electron chi connectivity index (χ3n) is 4.71. The van der Waals surface area contributed by atoms with Gasteiger partial charge < -0.3 is 15.7 Å². The van der Waals surface area contributed by atoms with E-state index in [9.17, 15) is 14.7 Å². The zero-order chi connectivity index (χ0) is 17.5. The Morgan fingerprint density at radius 1 is 1.29 bits per heavy atom. The van der Waals surface area contributed by atoms with E-state index in [-0.39, 0.29) is 42.3 Å². The number of aliphatic hydroxyl groups is 1. The van der Waals surface area contributed by atoms with Crippen molar-refractivity contribution >= 4 is 23.2 Å². The van der Waals surface area contributed by atoms with Gasteiger partial charge in [0.2, 0.25) is 11.8 Å². The molecule has 0 radical (unpaired) electrons. The van der Waals surface area contributed by atoms with E-state index in [1.165, 1.54) is 0 Å². The van der Waals surface area contributed by atoms with Gasteiger partial charge in [0.25, 0.3) is 0 Å². The van der Waals surface area contributed by atoms with Gasteiger partial charge in [-0.15, -0.1) is 11.3 Å². The Bertz CT molecular complexity index is 522. The first-order chi connectivity index (χ1) is 11.5. The van der Waals surface area contributed by atoms with Gasteiger partial charge in [0.1, 0.15) is 0 Å². The maximum Gasteiger partial charge on any atom is 0.225 e. The average Bonchev–Trinajstić information content (AvgIpc) is 3.05. The summed E-state index contributed by atoms with van der Waals surface area (Å²) in [5.41, 5.74) is 0. The molecule has 0 aromatic carbocycles. The molecule has 0 spiro atoms. The molecule has 5 nitrogen and oxygen atoms in total. The molecule has 1 heterocycles. The Morgan fingerprint density at radius 2 is 2.00 bits per heavy atom. The Hall–Kier alpha value is -1.40. The van der Waals surface area contributed by atoms with Crippen molar-refractivity contribution in [2.24, 2.45) is 11.8 Å². The van der Waals surface area contributed by atoms with E-state index in [0.29, 0.717) is 6.42 Å². The lowest BCUT2D eigenvalue weighted by atomic mass is 9.85. The van der Waals surface area contributed by atoms with Gasteiger partial charge in [0.05, 0.1) is 19.1 Å². The van der Waals surface area contributed by atoms with Gasteiger partial charge in [0, 0.05) is 16.8 Å². The molecule has 1 aromatic heterocycles. The zero-order valence-corrected chi connectivity index (χ0v) is 15.3. The van der Waals surface area contributed by atoms with Crippen molar-refractivity contribution in [3.05, 3.63) is 22.4 Å². The van der Waals surface area contributed by atoms with Crippen LogP contribution in [0.5, 0.6) is 0 Å². The lowest BCUT2D eigenvalue weighted by molar-refractivity contribution is -0.127. The SMILES string of the molecule is CC(C)C(CO)NC(=O)C1CCC(NC(=O)Cc2cccs2)CC1. The third-order valence-corrected chi connectivity index (χ3v) is 5.58. The molecule has 3 N–H and O–H groups in total. The molecule has 1 aliphatic carbocycles. The number of nitrogens with one attached hydrogen (secondary N) is 2. The molecular weight excluding hydrogens is 324 g/mol. The summed E-state index contributed by atoms with van der Waals surface area (Å²) in [6.45, 7) is 3.94. The number of hydrogen-bond acceptors (Lipinski definition) is 4. The Morgan fingerprint density at radius 3 is 2.54 bits per heavy atom. The predicted octanol–water partition coefficient (Wildman–Crippen LogP) is 2.10. The van der Waals surface area contributed by atoms with Crippen molar-refractivity contribution < 1.29 is 14.7 Å². The second-order valence-electron chi connectivity index (χ2n) is 6.91. The van der Waals surface area contributed by atoms with Crippen LogP contribution < -0.4 is 10.6 Å². The highest BCUT2D eigenvalue weighted by molar-refractivity contribution is 7.10. The molecule has 6 heteroatoms. The third kappa shape index (κ3) is 5.60. The molecule has 2 amide bonds. The number of carbonyl (C=O) groups excluding carboxylic acids is 2. The fraction of sp³-hybridized carbons (Fsp3) is 0.667. The molecular formula is C18H28N2O3S. The Balaban J connectivity index is 1.72. The van der Waals surface area contributed by atoms with Crippen LogP contribution in [0.1, 0.15) is 44.4 Å². The normalized spacial score (nSPS) is 22.2. The largest absolute Gasteiger partial charge is 0.394 e. The summed E-state index contributed by atoms with van der Waals surface area (Å²) in [6, 6.07) is 3.91. The minimum absolute atomic E-state index is 0.0109. The summed E-state index contributed by atoms with van der Waals surface area (Å²) < 4.78 is 0. The van der Waals surface area contributed by atoms with Crippen LogP contribution in [0.25, 0.3) is 0 Å². The molecule has 1 saturated carbocycles. The van der Waals surface area contributed by atoms with Crippen LogP contribution in [0.3, 0.4) is 0 Å². The molecule has 0 bridgehead atoms. The first-order valence-electron chi connectivity index (χ1n) is 8.72. The first-order valence-corrected chi connectivity index (χ1v) is 9.60. The van der Waals surface area contributed by atoms with Crippen LogP contribution in [-0.2, 0) is 16.0 Å². The highest BCUT2D eigenvalue weighted by Gasteiger charge is 2.28. The second-order valence-corrected chi connectivity index (χ2v) is 7.95. The molecule has 24 heavy (non-hydrogen) atoms. The highest BCUT2D eigenvalue weighted by Crippen LogP contribution is 2.25. The standard InChI is InChI=1S/C18H28N2O3S/c1-12(2)16(11-21)20-18(23)13-5-7-14(8-6-13)19-17(22)10-15-4-3-9-24-15/h3-4,9,12-14,16,21H,5-8,10-11H2,1-2H3,(H,19,22)(H,20,23). The maximum absolute atomic E-state index is 12.3. The van der Waals surface area contributed by atoms with Gasteiger partial charge in [-0.05, 0) is 43.0 Å². The van der Waals surface area contributed by atoms with Crippen LogP contribution in [0.2, 0.25) is 0 Å². The molecule has 1 unspecified atom stereocenters. The van der Waals surface area contributed by atoms with Gasteiger partial charge in [-0.2, -0.15) is 0 Å². The molecule has 1 fully saturated rings. The molecule has 0 aliphatic heterocycles. The van der Waals surface area contributed by atoms with Crippen molar-refractivity contribution in [1.82, 2.24) is 10.6 Å². The van der Waals surface area contributed by atoms with Gasteiger partial charge >= 0.3 is 0 Å².